The highest BCUT2D eigenvalue weighted by Crippen LogP contribution is 2.32. The molecule has 1 fully saturated rings. The Labute approximate surface area is 259 Å². The fraction of sp³-hybridized carbons (Fsp3) is 0.588. The van der Waals surface area contributed by atoms with Gasteiger partial charge in [-0.3, -0.25) is 19.1 Å². The van der Waals surface area contributed by atoms with Crippen LogP contribution in [0.15, 0.2) is 24.5 Å². The van der Waals surface area contributed by atoms with Crippen molar-refractivity contribution < 1.29 is 23.9 Å². The number of Topliss-reactive ketones (excluding diaryl/α,β-unsaturated/α-hetero) is 2. The summed E-state index contributed by atoms with van der Waals surface area (Å²) in [6.45, 7) is 6.21. The molecule has 44 heavy (non-hydrogen) atoms. The molecule has 1 aromatic carbocycles. The number of ketones is 2. The van der Waals surface area contributed by atoms with Gasteiger partial charge in [0.1, 0.15) is 24.0 Å². The van der Waals surface area contributed by atoms with Gasteiger partial charge in [-0.2, -0.15) is 5.10 Å². The van der Waals surface area contributed by atoms with Gasteiger partial charge >= 0.3 is 6.01 Å². The first-order chi connectivity index (χ1) is 21.4. The van der Waals surface area contributed by atoms with Crippen LogP contribution in [-0.2, 0) is 27.3 Å². The third-order valence-corrected chi connectivity index (χ3v) is 8.74. The zero-order valence-corrected chi connectivity index (χ0v) is 26.3. The van der Waals surface area contributed by atoms with E-state index in [9.17, 15) is 14.4 Å². The molecule has 2 aliphatic rings. The van der Waals surface area contributed by atoms with Gasteiger partial charge in [0, 0.05) is 44.3 Å². The summed E-state index contributed by atoms with van der Waals surface area (Å²) in [5.74, 6) is 0.136. The molecule has 5 rings (SSSR count). The number of carbonyl (C=O) groups excluding carboxylic acids is 3. The number of aromatic nitrogens is 4. The number of hydrogen-bond acceptors (Lipinski definition) is 8. The van der Waals surface area contributed by atoms with Gasteiger partial charge in [0.15, 0.2) is 11.6 Å². The normalized spacial score (nSPS) is 20.9. The lowest BCUT2D eigenvalue weighted by atomic mass is 10.0. The number of amides is 1. The van der Waals surface area contributed by atoms with Gasteiger partial charge in [-0.05, 0) is 55.9 Å². The van der Waals surface area contributed by atoms with E-state index in [0.29, 0.717) is 37.1 Å². The van der Waals surface area contributed by atoms with Crippen molar-refractivity contribution in [2.24, 2.45) is 0 Å². The van der Waals surface area contributed by atoms with Gasteiger partial charge in [0.05, 0.1) is 11.6 Å². The molecule has 2 bridgehead atoms. The van der Waals surface area contributed by atoms with Crippen LogP contribution in [-0.4, -0.2) is 67.4 Å². The van der Waals surface area contributed by atoms with E-state index in [4.69, 9.17) is 9.47 Å². The number of nitrogens with zero attached hydrogens (tertiary/aromatic N) is 5. The van der Waals surface area contributed by atoms with Crippen molar-refractivity contribution in [3.63, 3.8) is 0 Å². The van der Waals surface area contributed by atoms with Crippen LogP contribution in [0.1, 0.15) is 106 Å². The smallest absolute Gasteiger partial charge is 0.321 e. The molecule has 10 heteroatoms. The molecule has 2 aromatic heterocycles. The van der Waals surface area contributed by atoms with Crippen LogP contribution in [0.4, 0.5) is 0 Å². The zero-order valence-electron chi connectivity index (χ0n) is 26.3. The largest absolute Gasteiger partial charge is 0.424 e. The summed E-state index contributed by atoms with van der Waals surface area (Å²) >= 11 is 0. The molecule has 0 unspecified atom stereocenters. The molecule has 0 saturated carbocycles. The van der Waals surface area contributed by atoms with Crippen molar-refractivity contribution in [2.45, 2.75) is 117 Å². The Morgan fingerprint density at radius 2 is 1.68 bits per heavy atom. The first kappa shape index (κ1) is 31.8. The highest BCUT2D eigenvalue weighted by atomic mass is 16.5. The van der Waals surface area contributed by atoms with Gasteiger partial charge in [-0.15, -0.1) is 0 Å². The minimum absolute atomic E-state index is 0.0125. The van der Waals surface area contributed by atoms with E-state index in [1.54, 1.807) is 28.0 Å². The van der Waals surface area contributed by atoms with Crippen molar-refractivity contribution in [3.05, 3.63) is 41.3 Å². The Balaban J connectivity index is 1.52. The number of ether oxygens (including phenoxy) is 2. The van der Waals surface area contributed by atoms with Crippen LogP contribution in [0.2, 0.25) is 0 Å². The first-order valence-corrected chi connectivity index (χ1v) is 16.3. The summed E-state index contributed by atoms with van der Waals surface area (Å²) in [5.41, 5.74) is 2.91. The maximum atomic E-state index is 13.9. The Hall–Kier alpha value is -3.66. The second kappa shape index (κ2) is 14.9. The molecular formula is C34H45N5O5. The fourth-order valence-corrected chi connectivity index (χ4v) is 6.46. The summed E-state index contributed by atoms with van der Waals surface area (Å²) in [4.78, 5) is 50.0. The molecule has 0 N–H and O–H groups in total. The minimum Gasteiger partial charge on any atom is -0.424 e. The number of aryl methyl sites for hydroxylation is 2. The number of carbonyl (C=O) groups is 3. The van der Waals surface area contributed by atoms with E-state index in [-0.39, 0.29) is 41.8 Å². The minimum atomic E-state index is -0.596. The summed E-state index contributed by atoms with van der Waals surface area (Å²) in [5, 5.41) is 5.31. The standard InChI is InChI=1S/C34H45N5O5/c1-4-28(41)33-29-15-16-38(33)30(42)22-39-32-25(14-12-10-8-6-5-7-9-11-13-17-43-29)18-26(19-27(32)31(37-39)24(3)40)44-34-35-20-23(2)21-36-34/h18-21,29,33H,4-17,22H2,1-3H3/t29-,33-/m1/s1. The van der Waals surface area contributed by atoms with E-state index in [1.165, 1.54) is 39.0 Å². The van der Waals surface area contributed by atoms with Crippen LogP contribution in [0, 0.1) is 6.92 Å². The van der Waals surface area contributed by atoms with Crippen molar-refractivity contribution in [3.8, 4) is 11.8 Å². The number of rotatable bonds is 5. The maximum Gasteiger partial charge on any atom is 0.321 e. The lowest BCUT2D eigenvalue weighted by Gasteiger charge is -2.27. The number of hydrogen-bond donors (Lipinski definition) is 0. The number of fused-ring (bicyclic) bond motifs is 2. The van der Waals surface area contributed by atoms with E-state index in [2.05, 4.69) is 15.1 Å². The summed E-state index contributed by atoms with van der Waals surface area (Å²) in [6.07, 6.45) is 15.0. The molecule has 2 aliphatic heterocycles. The Morgan fingerprint density at radius 3 is 2.36 bits per heavy atom. The molecule has 3 aromatic rings. The molecule has 4 heterocycles. The summed E-state index contributed by atoms with van der Waals surface area (Å²) < 4.78 is 13.9. The van der Waals surface area contributed by atoms with E-state index < -0.39 is 6.04 Å². The van der Waals surface area contributed by atoms with Crippen LogP contribution in [0.3, 0.4) is 0 Å². The topological polar surface area (TPSA) is 117 Å². The highest BCUT2D eigenvalue weighted by Gasteiger charge is 2.41. The Bertz CT molecular complexity index is 1470. The van der Waals surface area contributed by atoms with Crippen LogP contribution < -0.4 is 4.74 Å². The van der Waals surface area contributed by atoms with Gasteiger partial charge in [-0.1, -0.05) is 51.9 Å². The molecule has 1 amide bonds. The van der Waals surface area contributed by atoms with E-state index in [0.717, 1.165) is 48.7 Å². The highest BCUT2D eigenvalue weighted by molar-refractivity contribution is 6.06. The predicted molar refractivity (Wildman–Crippen MR) is 167 cm³/mol. The van der Waals surface area contributed by atoms with Crippen molar-refractivity contribution in [1.82, 2.24) is 24.6 Å². The quantitative estimate of drug-likeness (QED) is 0.318. The second-order valence-corrected chi connectivity index (χ2v) is 12.2. The molecular weight excluding hydrogens is 558 g/mol. The molecule has 236 valence electrons. The molecule has 0 aliphatic carbocycles. The van der Waals surface area contributed by atoms with E-state index in [1.807, 2.05) is 19.9 Å². The second-order valence-electron chi connectivity index (χ2n) is 12.2. The molecule has 0 radical (unpaired) electrons. The van der Waals surface area contributed by atoms with E-state index >= 15 is 0 Å². The monoisotopic (exact) mass is 603 g/mol. The van der Waals surface area contributed by atoms with Crippen molar-refractivity contribution >= 4 is 28.4 Å². The summed E-state index contributed by atoms with van der Waals surface area (Å²) in [7, 11) is 0. The zero-order chi connectivity index (χ0) is 31.1. The van der Waals surface area contributed by atoms with Crippen molar-refractivity contribution in [1.29, 1.82) is 0 Å². The molecule has 10 nitrogen and oxygen atoms in total. The fourth-order valence-electron chi connectivity index (χ4n) is 6.46. The predicted octanol–water partition coefficient (Wildman–Crippen LogP) is 6.16. The van der Waals surface area contributed by atoms with Gasteiger partial charge in [0.25, 0.3) is 0 Å². The third kappa shape index (κ3) is 7.52. The Kier molecular flexibility index (Phi) is 10.7. The lowest BCUT2D eigenvalue weighted by Crippen LogP contribution is -2.47. The van der Waals surface area contributed by atoms with Gasteiger partial charge in [-0.25, -0.2) is 9.97 Å². The average molecular weight is 604 g/mol. The Morgan fingerprint density at radius 1 is 1.00 bits per heavy atom. The molecule has 0 spiro atoms. The van der Waals surface area contributed by atoms with Crippen LogP contribution in [0.25, 0.3) is 10.9 Å². The molecule has 2 atom stereocenters. The van der Waals surface area contributed by atoms with Gasteiger partial charge in [0.2, 0.25) is 5.91 Å². The SMILES string of the molecule is CCC(=O)[C@@H]1[C@H]2CCN1C(=O)Cn1nc(C(C)=O)c3cc(Oc4ncc(C)cn4)cc(c31)CCCCCCCCCCCO2. The average Bonchev–Trinajstić information content (AvgIpc) is 3.60. The maximum absolute atomic E-state index is 13.9. The lowest BCUT2D eigenvalue weighted by molar-refractivity contribution is -0.141. The summed E-state index contributed by atoms with van der Waals surface area (Å²) in [6, 6.07) is 3.36. The number of benzene rings is 1. The van der Waals surface area contributed by atoms with Crippen LogP contribution in [0.5, 0.6) is 11.8 Å². The van der Waals surface area contributed by atoms with Crippen molar-refractivity contribution in [2.75, 3.05) is 13.2 Å². The first-order valence-electron chi connectivity index (χ1n) is 16.3. The van der Waals surface area contributed by atoms with Crippen LogP contribution >= 0.6 is 0 Å². The molecule has 1 saturated heterocycles. The third-order valence-electron chi connectivity index (χ3n) is 8.74. The van der Waals surface area contributed by atoms with Gasteiger partial charge < -0.3 is 14.4 Å².